The van der Waals surface area contributed by atoms with Crippen molar-refractivity contribution in [1.82, 2.24) is 15.1 Å². The third kappa shape index (κ3) is 2.61. The van der Waals surface area contributed by atoms with Gasteiger partial charge in [-0.2, -0.15) is 5.10 Å². The van der Waals surface area contributed by atoms with Crippen LogP contribution in [0.2, 0.25) is 0 Å². The third-order valence-electron chi connectivity index (χ3n) is 1.37. The zero-order valence-electron chi connectivity index (χ0n) is 6.95. The summed E-state index contributed by atoms with van der Waals surface area (Å²) in [7, 11) is 0. The Kier molecular flexibility index (Phi) is 2.68. The molecule has 0 saturated heterocycles. The van der Waals surface area contributed by atoms with E-state index in [1.807, 2.05) is 0 Å². The number of hydrogen-bond donors (Lipinski definition) is 2. The molecule has 12 heavy (non-hydrogen) atoms. The molecular weight excluding hydrogens is 156 g/mol. The number of carbonyl (C=O) groups is 1. The first-order valence-electron chi connectivity index (χ1n) is 3.71. The molecule has 5 heteroatoms. The van der Waals surface area contributed by atoms with Gasteiger partial charge >= 0.3 is 0 Å². The molecule has 0 aliphatic carbocycles. The third-order valence-corrected chi connectivity index (χ3v) is 1.37. The molecule has 0 atom stereocenters. The van der Waals surface area contributed by atoms with Crippen LogP contribution in [0.25, 0.3) is 0 Å². The number of nitrogens with two attached hydrogens (primary N) is 1. The summed E-state index contributed by atoms with van der Waals surface area (Å²) < 4.78 is 1.69. The molecular formula is C7H12N4O. The number of nitrogens with zero attached hydrogens (tertiary/aromatic N) is 2. The van der Waals surface area contributed by atoms with Gasteiger partial charge < -0.3 is 11.1 Å². The van der Waals surface area contributed by atoms with E-state index in [0.717, 1.165) is 0 Å². The van der Waals surface area contributed by atoms with E-state index in [0.29, 0.717) is 18.8 Å². The van der Waals surface area contributed by atoms with Gasteiger partial charge in [-0.3, -0.25) is 9.48 Å². The molecule has 0 bridgehead atoms. The normalized spacial score (nSPS) is 9.75. The lowest BCUT2D eigenvalue weighted by atomic mass is 10.5. The lowest BCUT2D eigenvalue weighted by Crippen LogP contribution is -2.24. The fourth-order valence-corrected chi connectivity index (χ4v) is 0.848. The second-order valence-electron chi connectivity index (χ2n) is 2.52. The maximum absolute atomic E-state index is 10.5. The van der Waals surface area contributed by atoms with Crippen LogP contribution in [-0.4, -0.2) is 22.2 Å². The minimum Gasteiger partial charge on any atom is -0.396 e. The minimum absolute atomic E-state index is 0.0323. The monoisotopic (exact) mass is 168 g/mol. The highest BCUT2D eigenvalue weighted by Crippen LogP contribution is 1.96. The summed E-state index contributed by atoms with van der Waals surface area (Å²) in [5.74, 6) is -0.0323. The molecule has 5 nitrogen and oxygen atoms in total. The molecule has 3 N–H and O–H groups in total. The fraction of sp³-hybridized carbons (Fsp3) is 0.429. The number of amides is 1. The van der Waals surface area contributed by atoms with Gasteiger partial charge in [0.15, 0.2) is 0 Å². The van der Waals surface area contributed by atoms with E-state index in [1.54, 1.807) is 17.1 Å². The van der Waals surface area contributed by atoms with Crippen LogP contribution in [0, 0.1) is 0 Å². The van der Waals surface area contributed by atoms with Gasteiger partial charge in [-0.25, -0.2) is 0 Å². The molecule has 0 fully saturated rings. The first kappa shape index (κ1) is 8.58. The molecule has 0 unspecified atom stereocenters. The van der Waals surface area contributed by atoms with Gasteiger partial charge in [-0.05, 0) is 0 Å². The average molecular weight is 168 g/mol. The van der Waals surface area contributed by atoms with Crippen molar-refractivity contribution in [3.63, 3.8) is 0 Å². The van der Waals surface area contributed by atoms with E-state index in [1.165, 1.54) is 6.92 Å². The predicted molar refractivity (Wildman–Crippen MR) is 45.3 cm³/mol. The number of anilines is 1. The Morgan fingerprint density at radius 3 is 3.08 bits per heavy atom. The molecule has 0 aliphatic rings. The Hall–Kier alpha value is -1.52. The lowest BCUT2D eigenvalue weighted by Gasteiger charge is -2.01. The number of aromatic nitrogens is 2. The van der Waals surface area contributed by atoms with Crippen LogP contribution in [0.4, 0.5) is 5.69 Å². The van der Waals surface area contributed by atoms with Crippen molar-refractivity contribution < 1.29 is 4.79 Å². The summed E-state index contributed by atoms with van der Waals surface area (Å²) in [6, 6.07) is 0. The van der Waals surface area contributed by atoms with Gasteiger partial charge in [0, 0.05) is 19.7 Å². The smallest absolute Gasteiger partial charge is 0.216 e. The van der Waals surface area contributed by atoms with Crippen LogP contribution in [0.5, 0.6) is 0 Å². The largest absolute Gasteiger partial charge is 0.396 e. The minimum atomic E-state index is -0.0323. The molecule has 0 radical (unpaired) electrons. The summed E-state index contributed by atoms with van der Waals surface area (Å²) in [5, 5.41) is 6.62. The van der Waals surface area contributed by atoms with Crippen molar-refractivity contribution in [2.24, 2.45) is 0 Å². The van der Waals surface area contributed by atoms with Crippen LogP contribution in [0.1, 0.15) is 6.92 Å². The van der Waals surface area contributed by atoms with Crippen LogP contribution in [0.15, 0.2) is 12.4 Å². The van der Waals surface area contributed by atoms with Crippen LogP contribution < -0.4 is 11.1 Å². The maximum atomic E-state index is 10.5. The second kappa shape index (κ2) is 3.75. The summed E-state index contributed by atoms with van der Waals surface area (Å²) in [4.78, 5) is 10.5. The Labute approximate surface area is 70.5 Å². The van der Waals surface area contributed by atoms with E-state index in [4.69, 9.17) is 5.73 Å². The number of nitrogens with one attached hydrogen (secondary N) is 1. The Morgan fingerprint density at radius 1 is 1.83 bits per heavy atom. The lowest BCUT2D eigenvalue weighted by molar-refractivity contribution is -0.118. The standard InChI is InChI=1S/C7H12N4O/c1-6(12)9-2-3-11-5-7(8)4-10-11/h4-5H,2-3,8H2,1H3,(H,9,12). The Bertz CT molecular complexity index is 268. The summed E-state index contributed by atoms with van der Waals surface area (Å²) in [5.41, 5.74) is 6.08. The van der Waals surface area contributed by atoms with E-state index in [9.17, 15) is 4.79 Å². The van der Waals surface area contributed by atoms with Crippen molar-refractivity contribution in [1.29, 1.82) is 0 Å². The van der Waals surface area contributed by atoms with E-state index < -0.39 is 0 Å². The van der Waals surface area contributed by atoms with Gasteiger partial charge in [0.05, 0.1) is 18.4 Å². The SMILES string of the molecule is CC(=O)NCCn1cc(N)cn1. The fourth-order valence-electron chi connectivity index (χ4n) is 0.848. The van der Waals surface area contributed by atoms with Crippen molar-refractivity contribution in [3.8, 4) is 0 Å². The molecule has 1 rings (SSSR count). The van der Waals surface area contributed by atoms with Gasteiger partial charge in [0.25, 0.3) is 0 Å². The van der Waals surface area contributed by atoms with Crippen molar-refractivity contribution in [3.05, 3.63) is 12.4 Å². The number of carbonyl (C=O) groups excluding carboxylic acids is 1. The average Bonchev–Trinajstić information content (AvgIpc) is 2.35. The van der Waals surface area contributed by atoms with Crippen molar-refractivity contribution >= 4 is 11.6 Å². The van der Waals surface area contributed by atoms with Crippen molar-refractivity contribution in [2.75, 3.05) is 12.3 Å². The molecule has 0 spiro atoms. The van der Waals surface area contributed by atoms with Gasteiger partial charge in [0.2, 0.25) is 5.91 Å². The molecule has 1 aromatic rings. The van der Waals surface area contributed by atoms with Crippen molar-refractivity contribution in [2.45, 2.75) is 13.5 Å². The van der Waals surface area contributed by atoms with Gasteiger partial charge in [0.1, 0.15) is 0 Å². The first-order valence-corrected chi connectivity index (χ1v) is 3.71. The topological polar surface area (TPSA) is 72.9 Å². The molecule has 0 aliphatic heterocycles. The van der Waals surface area contributed by atoms with Gasteiger partial charge in [-0.1, -0.05) is 0 Å². The van der Waals surface area contributed by atoms with Crippen LogP contribution >= 0.6 is 0 Å². The molecule has 1 aromatic heterocycles. The molecule has 1 heterocycles. The Balaban J connectivity index is 2.29. The highest BCUT2D eigenvalue weighted by molar-refractivity contribution is 5.72. The second-order valence-corrected chi connectivity index (χ2v) is 2.52. The molecule has 1 amide bonds. The quantitative estimate of drug-likeness (QED) is 0.645. The van der Waals surface area contributed by atoms with Gasteiger partial charge in [-0.15, -0.1) is 0 Å². The first-order chi connectivity index (χ1) is 5.68. The highest BCUT2D eigenvalue weighted by atomic mass is 16.1. The van der Waals surface area contributed by atoms with E-state index in [2.05, 4.69) is 10.4 Å². The zero-order valence-corrected chi connectivity index (χ0v) is 6.95. The number of hydrogen-bond acceptors (Lipinski definition) is 3. The predicted octanol–water partition coefficient (Wildman–Crippen LogP) is -0.399. The van der Waals surface area contributed by atoms with E-state index in [-0.39, 0.29) is 5.91 Å². The zero-order chi connectivity index (χ0) is 8.97. The van der Waals surface area contributed by atoms with E-state index >= 15 is 0 Å². The number of nitrogen functional groups attached to an aromatic ring is 1. The summed E-state index contributed by atoms with van der Waals surface area (Å²) in [6.45, 7) is 2.71. The van der Waals surface area contributed by atoms with Crippen LogP contribution in [0.3, 0.4) is 0 Å². The molecule has 66 valence electrons. The Morgan fingerprint density at radius 2 is 2.58 bits per heavy atom. The maximum Gasteiger partial charge on any atom is 0.216 e. The summed E-state index contributed by atoms with van der Waals surface area (Å²) >= 11 is 0. The summed E-state index contributed by atoms with van der Waals surface area (Å²) in [6.07, 6.45) is 3.30. The van der Waals surface area contributed by atoms with Crippen LogP contribution in [-0.2, 0) is 11.3 Å². The molecule has 0 aromatic carbocycles. The highest BCUT2D eigenvalue weighted by Gasteiger charge is 1.94. The molecule has 0 saturated carbocycles. The number of rotatable bonds is 3.